The van der Waals surface area contributed by atoms with Crippen LogP contribution in [0.1, 0.15) is 38.2 Å². The molecule has 0 saturated heterocycles. The molecule has 23 heavy (non-hydrogen) atoms. The maximum absolute atomic E-state index is 12.1. The van der Waals surface area contributed by atoms with Crippen molar-refractivity contribution in [3.8, 4) is 0 Å². The zero-order valence-electron chi connectivity index (χ0n) is 14.3. The number of nitrogens with one attached hydrogen (secondary N) is 2. The van der Waals surface area contributed by atoms with Crippen LogP contribution in [0.25, 0.3) is 0 Å². The van der Waals surface area contributed by atoms with E-state index >= 15 is 0 Å². The number of nitrogens with zero attached hydrogens (tertiary/aromatic N) is 1. The summed E-state index contributed by atoms with van der Waals surface area (Å²) in [5.74, 6) is 0.577. The summed E-state index contributed by atoms with van der Waals surface area (Å²) in [4.78, 5) is 13.9. The van der Waals surface area contributed by atoms with Crippen LogP contribution in [0.3, 0.4) is 0 Å². The highest BCUT2D eigenvalue weighted by molar-refractivity contribution is 7.80. The van der Waals surface area contributed by atoms with Gasteiger partial charge in [-0.15, -0.1) is 0 Å². The molecule has 0 radical (unpaired) electrons. The van der Waals surface area contributed by atoms with Gasteiger partial charge < -0.3 is 15.5 Å². The van der Waals surface area contributed by atoms with Crippen LogP contribution in [0.5, 0.6) is 0 Å². The molecular weight excluding hydrogens is 306 g/mol. The number of hydrogen-bond donors (Lipinski definition) is 2. The van der Waals surface area contributed by atoms with Gasteiger partial charge in [-0.05, 0) is 50.0 Å². The first-order valence-electron chi connectivity index (χ1n) is 8.34. The number of amides is 1. The van der Waals surface area contributed by atoms with Crippen LogP contribution in [0.15, 0.2) is 24.3 Å². The highest BCUT2D eigenvalue weighted by Crippen LogP contribution is 2.23. The summed E-state index contributed by atoms with van der Waals surface area (Å²) < 4.78 is 0. The third-order valence-electron chi connectivity index (χ3n) is 4.48. The van der Waals surface area contributed by atoms with E-state index < -0.39 is 0 Å². The van der Waals surface area contributed by atoms with Gasteiger partial charge in [-0.3, -0.25) is 4.79 Å². The second-order valence-corrected chi connectivity index (χ2v) is 6.97. The first-order chi connectivity index (χ1) is 11.0. The lowest BCUT2D eigenvalue weighted by Crippen LogP contribution is -2.48. The van der Waals surface area contributed by atoms with Crippen LogP contribution in [-0.2, 0) is 4.79 Å². The van der Waals surface area contributed by atoms with Crippen molar-refractivity contribution in [2.75, 3.05) is 18.9 Å². The maximum Gasteiger partial charge on any atom is 0.243 e. The fourth-order valence-electron chi connectivity index (χ4n) is 2.92. The molecule has 2 rings (SSSR count). The minimum atomic E-state index is -0.0582. The van der Waals surface area contributed by atoms with Crippen LogP contribution in [0.4, 0.5) is 5.69 Å². The topological polar surface area (TPSA) is 44.4 Å². The monoisotopic (exact) mass is 333 g/mol. The van der Waals surface area contributed by atoms with Crippen molar-refractivity contribution in [2.24, 2.45) is 5.92 Å². The molecule has 0 heterocycles. The minimum Gasteiger partial charge on any atom is -0.360 e. The summed E-state index contributed by atoms with van der Waals surface area (Å²) in [6.07, 6.45) is 4.96. The number of carbonyl (C=O) groups excluding carboxylic acids is 1. The fraction of sp³-hybridized carbons (Fsp3) is 0.556. The van der Waals surface area contributed by atoms with Gasteiger partial charge in [0.05, 0.1) is 6.54 Å². The number of carbonyl (C=O) groups is 1. The standard InChI is InChI=1S/C18H27N3OS/c1-13-8-10-15(11-9-13)19-17(22)12-21(3)18(23)20-16-7-5-4-6-14(16)2/h8-11,14,16H,4-7,12H2,1-3H3,(H,19,22)(H,20,23)/t14-,16+/m0/s1. The Hall–Kier alpha value is -1.62. The van der Waals surface area contributed by atoms with Crippen molar-refractivity contribution in [3.05, 3.63) is 29.8 Å². The van der Waals surface area contributed by atoms with Gasteiger partial charge in [0.2, 0.25) is 5.91 Å². The van der Waals surface area contributed by atoms with Crippen molar-refractivity contribution >= 4 is 28.9 Å². The first-order valence-corrected chi connectivity index (χ1v) is 8.74. The Bertz CT molecular complexity index is 544. The van der Waals surface area contributed by atoms with Gasteiger partial charge in [0, 0.05) is 18.8 Å². The summed E-state index contributed by atoms with van der Waals surface area (Å²) in [6, 6.07) is 8.21. The van der Waals surface area contributed by atoms with E-state index in [0.717, 1.165) is 12.1 Å². The molecule has 2 N–H and O–H groups in total. The Morgan fingerprint density at radius 3 is 2.57 bits per heavy atom. The molecule has 0 bridgehead atoms. The van der Waals surface area contributed by atoms with E-state index in [0.29, 0.717) is 17.1 Å². The zero-order chi connectivity index (χ0) is 16.8. The second kappa shape index (κ2) is 8.29. The van der Waals surface area contributed by atoms with E-state index in [1.807, 2.05) is 38.2 Å². The Labute approximate surface area is 144 Å². The van der Waals surface area contributed by atoms with Gasteiger partial charge in [-0.1, -0.05) is 37.5 Å². The third-order valence-corrected chi connectivity index (χ3v) is 4.91. The van der Waals surface area contributed by atoms with Gasteiger partial charge in [0.15, 0.2) is 5.11 Å². The predicted molar refractivity (Wildman–Crippen MR) is 99.6 cm³/mol. The summed E-state index contributed by atoms with van der Waals surface area (Å²) in [5, 5.41) is 6.98. The fourth-order valence-corrected chi connectivity index (χ4v) is 3.14. The van der Waals surface area contributed by atoms with Gasteiger partial charge in [-0.2, -0.15) is 0 Å². The SMILES string of the molecule is Cc1ccc(NC(=O)CN(C)C(=S)N[C@@H]2CCCC[C@@H]2C)cc1. The first kappa shape index (κ1) is 17.7. The number of thiocarbonyl (C=S) groups is 1. The number of likely N-dealkylation sites (N-methyl/N-ethyl adjacent to an activating group) is 1. The molecular formula is C18H27N3OS. The largest absolute Gasteiger partial charge is 0.360 e. The highest BCUT2D eigenvalue weighted by atomic mass is 32.1. The van der Waals surface area contributed by atoms with E-state index in [1.54, 1.807) is 4.90 Å². The van der Waals surface area contributed by atoms with Crippen molar-refractivity contribution < 1.29 is 4.79 Å². The van der Waals surface area contributed by atoms with E-state index in [1.165, 1.54) is 24.8 Å². The average Bonchev–Trinajstić information content (AvgIpc) is 2.51. The molecule has 0 spiro atoms. The smallest absolute Gasteiger partial charge is 0.243 e. The number of hydrogen-bond acceptors (Lipinski definition) is 2. The van der Waals surface area contributed by atoms with Crippen LogP contribution >= 0.6 is 12.2 Å². The van der Waals surface area contributed by atoms with Gasteiger partial charge >= 0.3 is 0 Å². The molecule has 0 aliphatic heterocycles. The molecule has 1 amide bonds. The molecule has 1 aromatic carbocycles. The van der Waals surface area contributed by atoms with Crippen molar-refractivity contribution in [3.63, 3.8) is 0 Å². The van der Waals surface area contributed by atoms with Crippen LogP contribution in [0.2, 0.25) is 0 Å². The molecule has 1 saturated carbocycles. The summed E-state index contributed by atoms with van der Waals surface area (Å²) in [7, 11) is 1.86. The number of benzene rings is 1. The predicted octanol–water partition coefficient (Wildman–Crippen LogP) is 3.32. The molecule has 1 aliphatic carbocycles. The molecule has 4 nitrogen and oxygen atoms in total. The van der Waals surface area contributed by atoms with Gasteiger partial charge in [-0.25, -0.2) is 0 Å². The number of aryl methyl sites for hydroxylation is 1. The number of anilines is 1. The normalized spacial score (nSPS) is 20.7. The lowest BCUT2D eigenvalue weighted by Gasteiger charge is -2.32. The van der Waals surface area contributed by atoms with Crippen molar-refractivity contribution in [1.29, 1.82) is 0 Å². The Balaban J connectivity index is 1.80. The van der Waals surface area contributed by atoms with Crippen LogP contribution in [0, 0.1) is 12.8 Å². The van der Waals surface area contributed by atoms with E-state index in [9.17, 15) is 4.79 Å². The second-order valence-electron chi connectivity index (χ2n) is 6.59. The zero-order valence-corrected chi connectivity index (χ0v) is 15.1. The molecule has 5 heteroatoms. The minimum absolute atomic E-state index is 0.0582. The van der Waals surface area contributed by atoms with E-state index in [-0.39, 0.29) is 12.5 Å². The Morgan fingerprint density at radius 2 is 1.91 bits per heavy atom. The van der Waals surface area contributed by atoms with E-state index in [2.05, 4.69) is 17.6 Å². The molecule has 0 unspecified atom stereocenters. The lowest BCUT2D eigenvalue weighted by atomic mass is 9.86. The average molecular weight is 334 g/mol. The summed E-state index contributed by atoms with van der Waals surface area (Å²) >= 11 is 5.45. The van der Waals surface area contributed by atoms with Gasteiger partial charge in [0.1, 0.15) is 0 Å². The lowest BCUT2D eigenvalue weighted by molar-refractivity contribution is -0.116. The van der Waals surface area contributed by atoms with E-state index in [4.69, 9.17) is 12.2 Å². The Kier molecular flexibility index (Phi) is 6.39. The summed E-state index contributed by atoms with van der Waals surface area (Å²) in [5.41, 5.74) is 1.99. The molecule has 2 atom stereocenters. The number of rotatable bonds is 4. The maximum atomic E-state index is 12.1. The Morgan fingerprint density at radius 1 is 1.26 bits per heavy atom. The van der Waals surface area contributed by atoms with Gasteiger partial charge in [0.25, 0.3) is 0 Å². The third kappa shape index (κ3) is 5.50. The van der Waals surface area contributed by atoms with Crippen molar-refractivity contribution in [2.45, 2.75) is 45.6 Å². The van der Waals surface area contributed by atoms with Crippen molar-refractivity contribution in [1.82, 2.24) is 10.2 Å². The van der Waals surface area contributed by atoms with Crippen LogP contribution < -0.4 is 10.6 Å². The van der Waals surface area contributed by atoms with Crippen LogP contribution in [-0.4, -0.2) is 35.6 Å². The quantitative estimate of drug-likeness (QED) is 0.830. The molecule has 1 aromatic rings. The molecule has 1 aliphatic rings. The molecule has 1 fully saturated rings. The summed E-state index contributed by atoms with van der Waals surface area (Å²) in [6.45, 7) is 4.54. The highest BCUT2D eigenvalue weighted by Gasteiger charge is 2.23. The molecule has 0 aromatic heterocycles. The molecule has 126 valence electrons.